The van der Waals surface area contributed by atoms with Crippen molar-refractivity contribution in [1.82, 2.24) is 5.32 Å². The summed E-state index contributed by atoms with van der Waals surface area (Å²) in [6.07, 6.45) is -0.109. The zero-order valence-electron chi connectivity index (χ0n) is 11.0. The number of benzene rings is 1. The van der Waals surface area contributed by atoms with E-state index in [-0.39, 0.29) is 17.7 Å². The molecule has 0 spiro atoms. The number of carbonyl (C=O) groups excluding carboxylic acids is 1. The van der Waals surface area contributed by atoms with Gasteiger partial charge in [0.05, 0.1) is 13.2 Å². The first kappa shape index (κ1) is 14.0. The standard InChI is InChI=1S/C14H18N2O2/c1-14(2,10-16-13(17)8-9-15)11-6-4-5-7-12(11)18-3/h4-7H,8,10H2,1-3H3,(H,16,17). The quantitative estimate of drug-likeness (QED) is 0.864. The minimum atomic E-state index is -0.252. The van der Waals surface area contributed by atoms with E-state index >= 15 is 0 Å². The van der Waals surface area contributed by atoms with Gasteiger partial charge in [-0.15, -0.1) is 0 Å². The minimum absolute atomic E-state index is 0.109. The van der Waals surface area contributed by atoms with E-state index in [4.69, 9.17) is 10.00 Å². The van der Waals surface area contributed by atoms with E-state index < -0.39 is 0 Å². The van der Waals surface area contributed by atoms with Crippen molar-refractivity contribution < 1.29 is 9.53 Å². The Morgan fingerprint density at radius 1 is 1.44 bits per heavy atom. The Labute approximate surface area is 108 Å². The molecule has 0 aliphatic rings. The average Bonchev–Trinajstić information content (AvgIpc) is 2.37. The van der Waals surface area contributed by atoms with Crippen LogP contribution in [0.1, 0.15) is 25.8 Å². The lowest BCUT2D eigenvalue weighted by molar-refractivity contribution is -0.120. The van der Waals surface area contributed by atoms with E-state index in [1.54, 1.807) is 7.11 Å². The van der Waals surface area contributed by atoms with Gasteiger partial charge in [0.1, 0.15) is 12.2 Å². The maximum atomic E-state index is 11.3. The highest BCUT2D eigenvalue weighted by atomic mass is 16.5. The Balaban J connectivity index is 2.80. The zero-order chi connectivity index (χ0) is 13.6. The third-order valence-electron chi connectivity index (χ3n) is 2.80. The highest BCUT2D eigenvalue weighted by Crippen LogP contribution is 2.30. The van der Waals surface area contributed by atoms with E-state index in [9.17, 15) is 4.79 Å². The lowest BCUT2D eigenvalue weighted by Gasteiger charge is -2.27. The Morgan fingerprint density at radius 3 is 2.72 bits per heavy atom. The summed E-state index contributed by atoms with van der Waals surface area (Å²) in [7, 11) is 1.63. The average molecular weight is 246 g/mol. The molecule has 0 fully saturated rings. The number of rotatable bonds is 5. The maximum Gasteiger partial charge on any atom is 0.234 e. The first-order valence-electron chi connectivity index (χ1n) is 5.78. The SMILES string of the molecule is COc1ccccc1C(C)(C)CNC(=O)CC#N. The number of ether oxygens (including phenoxy) is 1. The van der Waals surface area contributed by atoms with Crippen LogP contribution in [0.4, 0.5) is 0 Å². The Kier molecular flexibility index (Phi) is 4.73. The molecule has 0 aliphatic carbocycles. The molecule has 1 amide bonds. The van der Waals surface area contributed by atoms with Gasteiger partial charge in [-0.3, -0.25) is 4.79 Å². The number of nitriles is 1. The molecular formula is C14H18N2O2. The Bertz CT molecular complexity index is 461. The predicted molar refractivity (Wildman–Crippen MR) is 69.3 cm³/mol. The molecule has 1 N–H and O–H groups in total. The summed E-state index contributed by atoms with van der Waals surface area (Å²) < 4.78 is 5.32. The van der Waals surface area contributed by atoms with Gasteiger partial charge in [-0.25, -0.2) is 0 Å². The number of carbonyl (C=O) groups is 1. The van der Waals surface area contributed by atoms with Crippen LogP contribution >= 0.6 is 0 Å². The van der Waals surface area contributed by atoms with Crippen molar-refractivity contribution >= 4 is 5.91 Å². The van der Waals surface area contributed by atoms with Crippen molar-refractivity contribution in [3.8, 4) is 11.8 Å². The minimum Gasteiger partial charge on any atom is -0.496 e. The summed E-state index contributed by atoms with van der Waals surface area (Å²) in [5, 5.41) is 11.2. The van der Waals surface area contributed by atoms with Gasteiger partial charge in [-0.05, 0) is 6.07 Å². The van der Waals surface area contributed by atoms with Gasteiger partial charge in [-0.1, -0.05) is 32.0 Å². The number of nitrogens with one attached hydrogen (secondary N) is 1. The summed E-state index contributed by atoms with van der Waals surface area (Å²) >= 11 is 0. The van der Waals surface area contributed by atoms with Gasteiger partial charge in [-0.2, -0.15) is 5.26 Å². The van der Waals surface area contributed by atoms with Crippen LogP contribution in [0.15, 0.2) is 24.3 Å². The zero-order valence-corrected chi connectivity index (χ0v) is 11.0. The first-order valence-corrected chi connectivity index (χ1v) is 5.78. The van der Waals surface area contributed by atoms with Gasteiger partial charge in [0.2, 0.25) is 5.91 Å². The van der Waals surface area contributed by atoms with E-state index in [0.717, 1.165) is 11.3 Å². The van der Waals surface area contributed by atoms with Crippen molar-refractivity contribution in [1.29, 1.82) is 5.26 Å². The van der Waals surface area contributed by atoms with Gasteiger partial charge < -0.3 is 10.1 Å². The van der Waals surface area contributed by atoms with E-state index in [1.807, 2.05) is 44.2 Å². The van der Waals surface area contributed by atoms with Crippen molar-refractivity contribution in [3.63, 3.8) is 0 Å². The van der Waals surface area contributed by atoms with E-state index in [2.05, 4.69) is 5.32 Å². The number of hydrogen-bond acceptors (Lipinski definition) is 3. The summed E-state index contributed by atoms with van der Waals surface area (Å²) in [6, 6.07) is 9.56. The van der Waals surface area contributed by atoms with Crippen LogP contribution < -0.4 is 10.1 Å². The highest BCUT2D eigenvalue weighted by molar-refractivity contribution is 5.78. The second kappa shape index (κ2) is 6.06. The molecule has 1 aromatic carbocycles. The van der Waals surface area contributed by atoms with Crippen LogP contribution in [-0.2, 0) is 10.2 Å². The lowest BCUT2D eigenvalue weighted by Crippen LogP contribution is -2.36. The molecule has 1 aromatic rings. The topological polar surface area (TPSA) is 62.1 Å². The first-order chi connectivity index (χ1) is 8.51. The molecule has 1 rings (SSSR count). The van der Waals surface area contributed by atoms with Crippen molar-refractivity contribution in [2.24, 2.45) is 0 Å². The summed E-state index contributed by atoms with van der Waals surface area (Å²) in [4.78, 5) is 11.3. The highest BCUT2D eigenvalue weighted by Gasteiger charge is 2.24. The number of amides is 1. The molecule has 0 atom stereocenters. The fourth-order valence-electron chi connectivity index (χ4n) is 1.75. The smallest absolute Gasteiger partial charge is 0.234 e. The lowest BCUT2D eigenvalue weighted by atomic mass is 9.84. The Morgan fingerprint density at radius 2 is 2.11 bits per heavy atom. The third-order valence-corrected chi connectivity index (χ3v) is 2.80. The van der Waals surface area contributed by atoms with Gasteiger partial charge in [0, 0.05) is 17.5 Å². The summed E-state index contributed by atoms with van der Waals surface area (Å²) in [6.45, 7) is 4.52. The largest absolute Gasteiger partial charge is 0.496 e. The monoisotopic (exact) mass is 246 g/mol. The van der Waals surface area contributed by atoms with Crippen molar-refractivity contribution in [2.75, 3.05) is 13.7 Å². The molecule has 96 valence electrons. The number of nitrogens with zero attached hydrogens (tertiary/aromatic N) is 1. The molecule has 0 unspecified atom stereocenters. The van der Waals surface area contributed by atoms with Crippen LogP contribution in [0.3, 0.4) is 0 Å². The fourth-order valence-corrected chi connectivity index (χ4v) is 1.75. The van der Waals surface area contributed by atoms with E-state index in [1.165, 1.54) is 0 Å². The molecule has 4 nitrogen and oxygen atoms in total. The van der Waals surface area contributed by atoms with Crippen LogP contribution in [0.25, 0.3) is 0 Å². The summed E-state index contributed by atoms with van der Waals surface area (Å²) in [5.74, 6) is 0.553. The normalized spacial score (nSPS) is 10.6. The molecular weight excluding hydrogens is 228 g/mol. The van der Waals surface area contributed by atoms with Crippen LogP contribution in [0.5, 0.6) is 5.75 Å². The predicted octanol–water partition coefficient (Wildman–Crippen LogP) is 2.00. The van der Waals surface area contributed by atoms with Gasteiger partial charge in [0.25, 0.3) is 0 Å². The molecule has 0 bridgehead atoms. The fraction of sp³-hybridized carbons (Fsp3) is 0.429. The molecule has 0 saturated carbocycles. The van der Waals surface area contributed by atoms with Crippen LogP contribution in [-0.4, -0.2) is 19.6 Å². The number of hydrogen-bond donors (Lipinski definition) is 1. The molecule has 0 heterocycles. The Hall–Kier alpha value is -2.02. The second-order valence-corrected chi connectivity index (χ2v) is 4.70. The molecule has 4 heteroatoms. The molecule has 18 heavy (non-hydrogen) atoms. The third kappa shape index (κ3) is 3.49. The number of methoxy groups -OCH3 is 1. The summed E-state index contributed by atoms with van der Waals surface area (Å²) in [5.41, 5.74) is 0.780. The maximum absolute atomic E-state index is 11.3. The molecule has 0 aliphatic heterocycles. The second-order valence-electron chi connectivity index (χ2n) is 4.70. The number of para-hydroxylation sites is 1. The van der Waals surface area contributed by atoms with Crippen molar-refractivity contribution in [2.45, 2.75) is 25.7 Å². The molecule has 0 radical (unpaired) electrons. The van der Waals surface area contributed by atoms with E-state index in [0.29, 0.717) is 6.54 Å². The van der Waals surface area contributed by atoms with Crippen molar-refractivity contribution in [3.05, 3.63) is 29.8 Å². The molecule has 0 aromatic heterocycles. The molecule has 0 saturated heterocycles. The van der Waals surface area contributed by atoms with Crippen LogP contribution in [0.2, 0.25) is 0 Å². The van der Waals surface area contributed by atoms with Gasteiger partial charge >= 0.3 is 0 Å². The van der Waals surface area contributed by atoms with Crippen LogP contribution in [0, 0.1) is 11.3 Å². The van der Waals surface area contributed by atoms with Gasteiger partial charge in [0.15, 0.2) is 0 Å².